The standard InChI is InChI=1S/C13H17N3O2/c1-3-4-5-8-15(2)12-7-6-11(10-14)13(9-12)16(17)18/h6-7,9H,3-5,8H2,1-2H3. The second-order valence-corrected chi connectivity index (χ2v) is 4.20. The summed E-state index contributed by atoms with van der Waals surface area (Å²) in [7, 11) is 1.90. The highest BCUT2D eigenvalue weighted by atomic mass is 16.6. The van der Waals surface area contributed by atoms with Gasteiger partial charge >= 0.3 is 0 Å². The van der Waals surface area contributed by atoms with E-state index in [2.05, 4.69) is 6.92 Å². The zero-order valence-electron chi connectivity index (χ0n) is 10.7. The Balaban J connectivity index is 2.88. The molecule has 1 aromatic carbocycles. The molecule has 0 heterocycles. The van der Waals surface area contributed by atoms with Gasteiger partial charge in [0.1, 0.15) is 11.6 Å². The second kappa shape index (κ2) is 6.60. The maximum Gasteiger partial charge on any atom is 0.289 e. The van der Waals surface area contributed by atoms with E-state index in [1.807, 2.05) is 18.0 Å². The van der Waals surface area contributed by atoms with Crippen molar-refractivity contribution in [1.82, 2.24) is 0 Å². The highest BCUT2D eigenvalue weighted by Crippen LogP contribution is 2.24. The van der Waals surface area contributed by atoms with Crippen molar-refractivity contribution in [3.8, 4) is 6.07 Å². The van der Waals surface area contributed by atoms with Crippen LogP contribution in [0.5, 0.6) is 0 Å². The third-order valence-electron chi connectivity index (χ3n) is 2.84. The molecule has 0 amide bonds. The fraction of sp³-hybridized carbons (Fsp3) is 0.462. The lowest BCUT2D eigenvalue weighted by Crippen LogP contribution is -2.18. The molecule has 18 heavy (non-hydrogen) atoms. The molecule has 0 aromatic heterocycles. The van der Waals surface area contributed by atoms with Crippen LogP contribution in [0.4, 0.5) is 11.4 Å². The first-order valence-electron chi connectivity index (χ1n) is 5.99. The fourth-order valence-electron chi connectivity index (χ4n) is 1.73. The Hall–Kier alpha value is -2.09. The molecule has 0 unspecified atom stereocenters. The van der Waals surface area contributed by atoms with Gasteiger partial charge in [0.25, 0.3) is 5.69 Å². The summed E-state index contributed by atoms with van der Waals surface area (Å²) in [5.74, 6) is 0. The zero-order chi connectivity index (χ0) is 13.5. The minimum Gasteiger partial charge on any atom is -0.374 e. The van der Waals surface area contributed by atoms with Crippen LogP contribution in [0.15, 0.2) is 18.2 Å². The minimum absolute atomic E-state index is 0.103. The van der Waals surface area contributed by atoms with Gasteiger partial charge in [0.05, 0.1) is 4.92 Å². The minimum atomic E-state index is -0.512. The molecular weight excluding hydrogens is 230 g/mol. The SMILES string of the molecule is CCCCCN(C)c1ccc(C#N)c([N+](=O)[O-])c1. The molecule has 0 aliphatic carbocycles. The Morgan fingerprint density at radius 1 is 1.44 bits per heavy atom. The molecule has 0 atom stereocenters. The predicted octanol–water partition coefficient (Wildman–Crippen LogP) is 3.09. The number of anilines is 1. The summed E-state index contributed by atoms with van der Waals surface area (Å²) in [5, 5.41) is 19.7. The average molecular weight is 247 g/mol. The summed E-state index contributed by atoms with van der Waals surface area (Å²) in [5.41, 5.74) is 0.750. The highest BCUT2D eigenvalue weighted by Gasteiger charge is 2.15. The zero-order valence-corrected chi connectivity index (χ0v) is 10.7. The Kier molecular flexibility index (Phi) is 5.12. The molecule has 5 nitrogen and oxygen atoms in total. The number of nitrogens with zero attached hydrogens (tertiary/aromatic N) is 3. The van der Waals surface area contributed by atoms with E-state index in [9.17, 15) is 10.1 Å². The van der Waals surface area contributed by atoms with Gasteiger partial charge in [-0.3, -0.25) is 10.1 Å². The Labute approximate surface area is 107 Å². The van der Waals surface area contributed by atoms with E-state index >= 15 is 0 Å². The summed E-state index contributed by atoms with van der Waals surface area (Å²) in [6, 6.07) is 6.55. The second-order valence-electron chi connectivity index (χ2n) is 4.20. The molecule has 0 radical (unpaired) electrons. The van der Waals surface area contributed by atoms with Crippen molar-refractivity contribution in [2.75, 3.05) is 18.5 Å². The molecule has 0 aliphatic heterocycles. The summed E-state index contributed by atoms with van der Waals surface area (Å²) in [4.78, 5) is 12.3. The third-order valence-corrected chi connectivity index (χ3v) is 2.84. The first-order valence-corrected chi connectivity index (χ1v) is 5.99. The van der Waals surface area contributed by atoms with Gasteiger partial charge in [-0.2, -0.15) is 5.26 Å². The van der Waals surface area contributed by atoms with Gasteiger partial charge in [-0.15, -0.1) is 0 Å². The van der Waals surface area contributed by atoms with Crippen LogP contribution in [0.2, 0.25) is 0 Å². The molecule has 0 saturated carbocycles. The molecular formula is C13H17N3O2. The average Bonchev–Trinajstić information content (AvgIpc) is 2.38. The molecule has 0 fully saturated rings. The van der Waals surface area contributed by atoms with Gasteiger partial charge in [-0.1, -0.05) is 19.8 Å². The van der Waals surface area contributed by atoms with Crippen molar-refractivity contribution in [3.63, 3.8) is 0 Å². The third kappa shape index (κ3) is 3.45. The maximum absolute atomic E-state index is 10.9. The van der Waals surface area contributed by atoms with Crippen molar-refractivity contribution in [3.05, 3.63) is 33.9 Å². The van der Waals surface area contributed by atoms with E-state index in [0.29, 0.717) is 0 Å². The van der Waals surface area contributed by atoms with Crippen molar-refractivity contribution in [2.45, 2.75) is 26.2 Å². The van der Waals surface area contributed by atoms with Gasteiger partial charge in [0.15, 0.2) is 0 Å². The van der Waals surface area contributed by atoms with Gasteiger partial charge in [0, 0.05) is 25.3 Å². The molecule has 96 valence electrons. The van der Waals surface area contributed by atoms with E-state index in [4.69, 9.17) is 5.26 Å². The van der Waals surface area contributed by atoms with Gasteiger partial charge in [0.2, 0.25) is 0 Å². The van der Waals surface area contributed by atoms with Crippen LogP contribution in [0, 0.1) is 21.4 Å². The van der Waals surface area contributed by atoms with Crippen LogP contribution in [-0.4, -0.2) is 18.5 Å². The molecule has 0 N–H and O–H groups in total. The van der Waals surface area contributed by atoms with Gasteiger partial charge in [-0.05, 0) is 18.6 Å². The molecule has 1 aromatic rings. The topological polar surface area (TPSA) is 70.2 Å². The van der Waals surface area contributed by atoms with Crippen molar-refractivity contribution in [1.29, 1.82) is 5.26 Å². The number of rotatable bonds is 6. The number of nitro groups is 1. The number of nitro benzene ring substituents is 1. The number of hydrogen-bond donors (Lipinski definition) is 0. The van der Waals surface area contributed by atoms with E-state index < -0.39 is 4.92 Å². The summed E-state index contributed by atoms with van der Waals surface area (Å²) in [6.07, 6.45) is 3.34. The number of unbranched alkanes of at least 4 members (excludes halogenated alkanes) is 2. The lowest BCUT2D eigenvalue weighted by Gasteiger charge is -2.18. The van der Waals surface area contributed by atoms with Gasteiger partial charge in [-0.25, -0.2) is 0 Å². The monoisotopic (exact) mass is 247 g/mol. The molecule has 0 aliphatic rings. The maximum atomic E-state index is 10.9. The molecule has 0 spiro atoms. The first kappa shape index (κ1) is 14.0. The Morgan fingerprint density at radius 2 is 2.17 bits per heavy atom. The van der Waals surface area contributed by atoms with E-state index in [1.54, 1.807) is 6.07 Å². The summed E-state index contributed by atoms with van der Waals surface area (Å²) in [6.45, 7) is 2.99. The number of nitriles is 1. The normalized spacial score (nSPS) is 9.83. The molecule has 0 saturated heterocycles. The molecule has 1 rings (SSSR count). The van der Waals surface area contributed by atoms with E-state index in [1.165, 1.54) is 12.1 Å². The largest absolute Gasteiger partial charge is 0.374 e. The summed E-state index contributed by atoms with van der Waals surface area (Å²) < 4.78 is 0. The Morgan fingerprint density at radius 3 is 2.72 bits per heavy atom. The lowest BCUT2D eigenvalue weighted by atomic mass is 10.1. The van der Waals surface area contributed by atoms with Gasteiger partial charge < -0.3 is 4.90 Å². The van der Waals surface area contributed by atoms with Crippen molar-refractivity contribution in [2.24, 2.45) is 0 Å². The smallest absolute Gasteiger partial charge is 0.289 e. The number of hydrogen-bond acceptors (Lipinski definition) is 4. The van der Waals surface area contributed by atoms with Crippen molar-refractivity contribution >= 4 is 11.4 Å². The van der Waals surface area contributed by atoms with Crippen LogP contribution in [0.1, 0.15) is 31.7 Å². The van der Waals surface area contributed by atoms with E-state index in [0.717, 1.165) is 31.5 Å². The molecule has 5 heteroatoms. The van der Waals surface area contributed by atoms with Crippen LogP contribution >= 0.6 is 0 Å². The quantitative estimate of drug-likeness (QED) is 0.440. The summed E-state index contributed by atoms with van der Waals surface area (Å²) >= 11 is 0. The fourth-order valence-corrected chi connectivity index (χ4v) is 1.73. The van der Waals surface area contributed by atoms with Crippen molar-refractivity contribution < 1.29 is 4.92 Å². The first-order chi connectivity index (χ1) is 8.60. The highest BCUT2D eigenvalue weighted by molar-refractivity contribution is 5.59. The Bertz CT molecular complexity index is 466. The predicted molar refractivity (Wildman–Crippen MR) is 70.6 cm³/mol. The van der Waals surface area contributed by atoms with Crippen LogP contribution in [0.3, 0.4) is 0 Å². The van der Waals surface area contributed by atoms with Crippen LogP contribution < -0.4 is 4.90 Å². The van der Waals surface area contributed by atoms with E-state index in [-0.39, 0.29) is 11.3 Å². The molecule has 0 bridgehead atoms. The number of benzene rings is 1. The lowest BCUT2D eigenvalue weighted by molar-refractivity contribution is -0.385. The van der Waals surface area contributed by atoms with Crippen LogP contribution in [0.25, 0.3) is 0 Å². The van der Waals surface area contributed by atoms with Crippen LogP contribution in [-0.2, 0) is 0 Å².